The lowest BCUT2D eigenvalue weighted by atomic mass is 10.3. The number of hydrogen-bond donors (Lipinski definition) is 2. The third-order valence-corrected chi connectivity index (χ3v) is 1.63. The van der Waals surface area contributed by atoms with Crippen molar-refractivity contribution in [1.82, 2.24) is 10.6 Å². The summed E-state index contributed by atoms with van der Waals surface area (Å²) in [5, 5.41) is 5.66. The molecule has 0 saturated carbocycles. The highest BCUT2D eigenvalue weighted by atomic mass is 16.5. The van der Waals surface area contributed by atoms with Gasteiger partial charge in [0.2, 0.25) is 5.91 Å². The Balaban J connectivity index is 3.67. The minimum Gasteiger partial charge on any atom is -0.383 e. The van der Waals surface area contributed by atoms with Crippen molar-refractivity contribution in [3.05, 3.63) is 0 Å². The molecule has 0 spiro atoms. The first-order chi connectivity index (χ1) is 5.61. The van der Waals surface area contributed by atoms with E-state index in [-0.39, 0.29) is 18.0 Å². The SMILES string of the molecule is CNC(C)C(=O)NC(C)COC. The minimum atomic E-state index is -0.149. The third kappa shape index (κ3) is 4.31. The molecular weight excluding hydrogens is 156 g/mol. The molecule has 1 amide bonds. The molecule has 0 radical (unpaired) electrons. The van der Waals surface area contributed by atoms with E-state index >= 15 is 0 Å². The van der Waals surface area contributed by atoms with Gasteiger partial charge in [-0.3, -0.25) is 4.79 Å². The molecule has 0 aliphatic rings. The fraction of sp³-hybridized carbons (Fsp3) is 0.875. The number of hydrogen-bond acceptors (Lipinski definition) is 3. The zero-order valence-corrected chi connectivity index (χ0v) is 8.18. The quantitative estimate of drug-likeness (QED) is 0.604. The highest BCUT2D eigenvalue weighted by molar-refractivity contribution is 5.81. The predicted octanol–water partition coefficient (Wildman–Crippen LogP) is -0.255. The van der Waals surface area contributed by atoms with Gasteiger partial charge in [-0.25, -0.2) is 0 Å². The van der Waals surface area contributed by atoms with E-state index in [1.165, 1.54) is 0 Å². The van der Waals surface area contributed by atoms with Crippen molar-refractivity contribution in [2.24, 2.45) is 0 Å². The van der Waals surface area contributed by atoms with E-state index in [1.54, 1.807) is 14.2 Å². The summed E-state index contributed by atoms with van der Waals surface area (Å²) >= 11 is 0. The largest absolute Gasteiger partial charge is 0.383 e. The monoisotopic (exact) mass is 174 g/mol. The average Bonchev–Trinajstić information content (AvgIpc) is 2.03. The number of carbonyl (C=O) groups is 1. The highest BCUT2D eigenvalue weighted by Gasteiger charge is 2.12. The second-order valence-corrected chi connectivity index (χ2v) is 2.88. The molecule has 0 aliphatic heterocycles. The van der Waals surface area contributed by atoms with E-state index in [0.29, 0.717) is 6.61 Å². The number of nitrogens with one attached hydrogen (secondary N) is 2. The van der Waals surface area contributed by atoms with Crippen LogP contribution in [0.15, 0.2) is 0 Å². The topological polar surface area (TPSA) is 50.4 Å². The van der Waals surface area contributed by atoms with E-state index in [1.807, 2.05) is 13.8 Å². The van der Waals surface area contributed by atoms with Crippen molar-refractivity contribution in [3.8, 4) is 0 Å². The molecule has 0 aliphatic carbocycles. The summed E-state index contributed by atoms with van der Waals surface area (Å²) in [5.41, 5.74) is 0. The highest BCUT2D eigenvalue weighted by Crippen LogP contribution is 1.85. The van der Waals surface area contributed by atoms with Gasteiger partial charge < -0.3 is 15.4 Å². The Morgan fingerprint density at radius 1 is 1.50 bits per heavy atom. The third-order valence-electron chi connectivity index (χ3n) is 1.63. The van der Waals surface area contributed by atoms with E-state index in [4.69, 9.17) is 4.74 Å². The first-order valence-electron chi connectivity index (χ1n) is 4.08. The van der Waals surface area contributed by atoms with Gasteiger partial charge in [0.15, 0.2) is 0 Å². The van der Waals surface area contributed by atoms with Crippen molar-refractivity contribution in [3.63, 3.8) is 0 Å². The van der Waals surface area contributed by atoms with Crippen LogP contribution in [0.25, 0.3) is 0 Å². The van der Waals surface area contributed by atoms with E-state index in [0.717, 1.165) is 0 Å². The van der Waals surface area contributed by atoms with Crippen molar-refractivity contribution >= 4 is 5.91 Å². The van der Waals surface area contributed by atoms with Crippen LogP contribution in [0.4, 0.5) is 0 Å². The second-order valence-electron chi connectivity index (χ2n) is 2.88. The van der Waals surface area contributed by atoms with Gasteiger partial charge in [-0.2, -0.15) is 0 Å². The molecule has 0 rings (SSSR count). The molecule has 2 unspecified atom stereocenters. The molecule has 0 heterocycles. The summed E-state index contributed by atoms with van der Waals surface area (Å²) in [6.45, 7) is 4.26. The van der Waals surface area contributed by atoms with Crippen LogP contribution in [0.2, 0.25) is 0 Å². The summed E-state index contributed by atoms with van der Waals surface area (Å²) < 4.78 is 4.88. The maximum absolute atomic E-state index is 11.2. The van der Waals surface area contributed by atoms with Gasteiger partial charge in [0.1, 0.15) is 0 Å². The maximum atomic E-state index is 11.2. The number of amides is 1. The van der Waals surface area contributed by atoms with Gasteiger partial charge in [-0.1, -0.05) is 0 Å². The molecule has 2 atom stereocenters. The van der Waals surface area contributed by atoms with E-state index in [2.05, 4.69) is 10.6 Å². The van der Waals surface area contributed by atoms with Crippen LogP contribution in [-0.4, -0.2) is 38.8 Å². The molecule has 4 nitrogen and oxygen atoms in total. The molecule has 0 saturated heterocycles. The average molecular weight is 174 g/mol. The Labute approximate surface area is 73.7 Å². The lowest BCUT2D eigenvalue weighted by Crippen LogP contribution is -2.45. The Bertz CT molecular complexity index is 139. The molecule has 2 N–H and O–H groups in total. The Morgan fingerprint density at radius 3 is 2.50 bits per heavy atom. The van der Waals surface area contributed by atoms with Crippen LogP contribution >= 0.6 is 0 Å². The predicted molar refractivity (Wildman–Crippen MR) is 48.0 cm³/mol. The van der Waals surface area contributed by atoms with Gasteiger partial charge in [0, 0.05) is 13.2 Å². The van der Waals surface area contributed by atoms with Crippen LogP contribution < -0.4 is 10.6 Å². The summed E-state index contributed by atoms with van der Waals surface area (Å²) in [6, 6.07) is -0.0809. The first kappa shape index (κ1) is 11.4. The smallest absolute Gasteiger partial charge is 0.237 e. The van der Waals surface area contributed by atoms with Crippen LogP contribution in [0.1, 0.15) is 13.8 Å². The molecule has 0 bridgehead atoms. The molecule has 0 fully saturated rings. The standard InChI is InChI=1S/C8H18N2O2/c1-6(5-12-4)10-8(11)7(2)9-3/h6-7,9H,5H2,1-4H3,(H,10,11). The van der Waals surface area contributed by atoms with Gasteiger partial charge in [-0.15, -0.1) is 0 Å². The molecule has 0 aromatic heterocycles. The zero-order chi connectivity index (χ0) is 9.56. The Morgan fingerprint density at radius 2 is 2.08 bits per heavy atom. The first-order valence-corrected chi connectivity index (χ1v) is 4.08. The van der Waals surface area contributed by atoms with Crippen molar-refractivity contribution in [2.75, 3.05) is 20.8 Å². The van der Waals surface area contributed by atoms with Crippen LogP contribution in [-0.2, 0) is 9.53 Å². The van der Waals surface area contributed by atoms with Crippen LogP contribution in [0, 0.1) is 0 Å². The number of ether oxygens (including phenoxy) is 1. The van der Waals surface area contributed by atoms with Crippen molar-refractivity contribution in [1.29, 1.82) is 0 Å². The number of carbonyl (C=O) groups excluding carboxylic acids is 1. The Hall–Kier alpha value is -0.610. The molecule has 0 aromatic rings. The van der Waals surface area contributed by atoms with Crippen LogP contribution in [0.5, 0.6) is 0 Å². The maximum Gasteiger partial charge on any atom is 0.237 e. The summed E-state index contributed by atoms with van der Waals surface area (Å²) in [6.07, 6.45) is 0. The fourth-order valence-corrected chi connectivity index (χ4v) is 0.791. The number of methoxy groups -OCH3 is 1. The molecule has 4 heteroatoms. The van der Waals surface area contributed by atoms with E-state index < -0.39 is 0 Å². The fourth-order valence-electron chi connectivity index (χ4n) is 0.791. The van der Waals surface area contributed by atoms with Crippen LogP contribution in [0.3, 0.4) is 0 Å². The second kappa shape index (κ2) is 5.97. The summed E-state index contributed by atoms with van der Waals surface area (Å²) in [4.78, 5) is 11.2. The van der Waals surface area contributed by atoms with E-state index in [9.17, 15) is 4.79 Å². The van der Waals surface area contributed by atoms with Gasteiger partial charge in [0.05, 0.1) is 12.6 Å². The summed E-state index contributed by atoms with van der Waals surface area (Å²) in [5.74, 6) is 0.00190. The summed E-state index contributed by atoms with van der Waals surface area (Å²) in [7, 11) is 3.37. The number of likely N-dealkylation sites (N-methyl/N-ethyl adjacent to an activating group) is 1. The molecule has 0 aromatic carbocycles. The molecular formula is C8H18N2O2. The lowest BCUT2D eigenvalue weighted by Gasteiger charge is -2.16. The van der Waals surface area contributed by atoms with Crippen molar-refractivity contribution < 1.29 is 9.53 Å². The van der Waals surface area contributed by atoms with Gasteiger partial charge in [-0.05, 0) is 20.9 Å². The molecule has 12 heavy (non-hydrogen) atoms. The minimum absolute atomic E-state index is 0.00190. The number of rotatable bonds is 5. The van der Waals surface area contributed by atoms with Crippen molar-refractivity contribution in [2.45, 2.75) is 25.9 Å². The Kier molecular flexibility index (Phi) is 5.66. The van der Waals surface area contributed by atoms with Gasteiger partial charge >= 0.3 is 0 Å². The lowest BCUT2D eigenvalue weighted by molar-refractivity contribution is -0.123. The normalized spacial score (nSPS) is 15.3. The zero-order valence-electron chi connectivity index (χ0n) is 8.18. The van der Waals surface area contributed by atoms with Gasteiger partial charge in [0.25, 0.3) is 0 Å². The molecule has 72 valence electrons.